The van der Waals surface area contributed by atoms with Crippen LogP contribution in [0.2, 0.25) is 0 Å². The summed E-state index contributed by atoms with van der Waals surface area (Å²) in [5.41, 5.74) is 2.24. The first-order chi connectivity index (χ1) is 10.4. The zero-order valence-electron chi connectivity index (χ0n) is 10.8. The third kappa shape index (κ3) is 2.10. The van der Waals surface area contributed by atoms with Crippen LogP contribution >= 0.6 is 0 Å². The molecule has 4 rings (SSSR count). The number of benzene rings is 1. The zero-order chi connectivity index (χ0) is 14.1. The monoisotopic (exact) mass is 278 g/mol. The Balaban J connectivity index is 1.67. The lowest BCUT2D eigenvalue weighted by molar-refractivity contribution is 0.431. The molecule has 0 fully saturated rings. The standard InChI is InChI=1S/C14H10N6O/c1-2-5-10(6-3-1)20-9-12(17-19-20)13-16-14(21-18-13)11-7-4-8-15-11/h1-9,15H. The first kappa shape index (κ1) is 11.6. The van der Waals surface area contributed by atoms with E-state index < -0.39 is 0 Å². The average Bonchev–Trinajstić information content (AvgIpc) is 3.27. The predicted octanol–water partition coefficient (Wildman–Crippen LogP) is 2.31. The molecule has 0 spiro atoms. The van der Waals surface area contributed by atoms with Crippen molar-refractivity contribution in [2.75, 3.05) is 0 Å². The SMILES string of the molecule is c1ccc(-n2cc(-c3noc(-c4ccc[nH]4)n3)nn2)cc1. The fourth-order valence-electron chi connectivity index (χ4n) is 1.97. The van der Waals surface area contributed by atoms with Gasteiger partial charge in [0.15, 0.2) is 5.69 Å². The molecule has 0 saturated carbocycles. The second kappa shape index (κ2) is 4.71. The molecule has 0 radical (unpaired) electrons. The molecule has 7 nitrogen and oxygen atoms in total. The summed E-state index contributed by atoms with van der Waals surface area (Å²) >= 11 is 0. The third-order valence-corrected chi connectivity index (χ3v) is 3.00. The Morgan fingerprint density at radius 3 is 2.76 bits per heavy atom. The molecule has 0 saturated heterocycles. The molecule has 7 heteroatoms. The Bertz CT molecular complexity index is 847. The second-order valence-electron chi connectivity index (χ2n) is 4.39. The van der Waals surface area contributed by atoms with Crippen molar-refractivity contribution in [1.82, 2.24) is 30.1 Å². The summed E-state index contributed by atoms with van der Waals surface area (Å²) in [5, 5.41) is 12.1. The van der Waals surface area contributed by atoms with Crippen molar-refractivity contribution >= 4 is 0 Å². The lowest BCUT2D eigenvalue weighted by atomic mass is 10.3. The highest BCUT2D eigenvalue weighted by atomic mass is 16.5. The molecular formula is C14H10N6O. The number of hydrogen-bond donors (Lipinski definition) is 1. The number of rotatable bonds is 3. The average molecular weight is 278 g/mol. The molecule has 0 aliphatic rings. The second-order valence-corrected chi connectivity index (χ2v) is 4.39. The summed E-state index contributed by atoms with van der Waals surface area (Å²) in [4.78, 5) is 7.32. The Morgan fingerprint density at radius 1 is 1.05 bits per heavy atom. The Labute approximate surface area is 119 Å². The minimum Gasteiger partial charge on any atom is -0.357 e. The van der Waals surface area contributed by atoms with Crippen LogP contribution in [0.15, 0.2) is 59.4 Å². The number of nitrogens with one attached hydrogen (secondary N) is 1. The van der Waals surface area contributed by atoms with E-state index in [4.69, 9.17) is 4.52 Å². The van der Waals surface area contributed by atoms with Crippen molar-refractivity contribution in [1.29, 1.82) is 0 Å². The first-order valence-electron chi connectivity index (χ1n) is 6.36. The van der Waals surface area contributed by atoms with E-state index in [1.165, 1.54) is 0 Å². The van der Waals surface area contributed by atoms with E-state index in [9.17, 15) is 0 Å². The molecule has 4 aromatic rings. The van der Waals surface area contributed by atoms with Crippen LogP contribution in [-0.2, 0) is 0 Å². The molecule has 1 N–H and O–H groups in total. The highest BCUT2D eigenvalue weighted by Crippen LogP contribution is 2.19. The normalized spacial score (nSPS) is 10.9. The van der Waals surface area contributed by atoms with Crippen LogP contribution in [0.3, 0.4) is 0 Å². The maximum atomic E-state index is 5.21. The molecule has 21 heavy (non-hydrogen) atoms. The number of aromatic nitrogens is 6. The van der Waals surface area contributed by atoms with E-state index >= 15 is 0 Å². The van der Waals surface area contributed by atoms with Crippen LogP contribution in [-0.4, -0.2) is 30.1 Å². The molecular weight excluding hydrogens is 268 g/mol. The van der Waals surface area contributed by atoms with Crippen molar-refractivity contribution in [2.24, 2.45) is 0 Å². The molecule has 3 heterocycles. The highest BCUT2D eigenvalue weighted by molar-refractivity contribution is 5.53. The highest BCUT2D eigenvalue weighted by Gasteiger charge is 2.14. The van der Waals surface area contributed by atoms with Crippen molar-refractivity contribution in [3.8, 4) is 28.8 Å². The van der Waals surface area contributed by atoms with Gasteiger partial charge in [-0.15, -0.1) is 5.10 Å². The third-order valence-electron chi connectivity index (χ3n) is 3.00. The lowest BCUT2D eigenvalue weighted by Crippen LogP contribution is -1.93. The lowest BCUT2D eigenvalue weighted by Gasteiger charge is -1.96. The summed E-state index contributed by atoms with van der Waals surface area (Å²) < 4.78 is 6.88. The molecule has 0 aliphatic carbocycles. The quantitative estimate of drug-likeness (QED) is 0.621. The Hall–Kier alpha value is -3.22. The van der Waals surface area contributed by atoms with Crippen LogP contribution in [0.1, 0.15) is 0 Å². The van der Waals surface area contributed by atoms with Crippen LogP contribution < -0.4 is 0 Å². The minimum absolute atomic E-state index is 0.404. The van der Waals surface area contributed by atoms with Crippen LogP contribution in [0.5, 0.6) is 0 Å². The summed E-state index contributed by atoms with van der Waals surface area (Å²) in [6.07, 6.45) is 3.56. The topological polar surface area (TPSA) is 85.4 Å². The van der Waals surface area contributed by atoms with E-state index in [-0.39, 0.29) is 0 Å². The van der Waals surface area contributed by atoms with Crippen molar-refractivity contribution in [3.63, 3.8) is 0 Å². The van der Waals surface area contributed by atoms with Gasteiger partial charge in [-0.3, -0.25) is 0 Å². The van der Waals surface area contributed by atoms with Gasteiger partial charge in [-0.1, -0.05) is 28.6 Å². The van der Waals surface area contributed by atoms with Gasteiger partial charge in [0, 0.05) is 6.20 Å². The van der Waals surface area contributed by atoms with E-state index in [1.807, 2.05) is 42.5 Å². The molecule has 1 aromatic carbocycles. The van der Waals surface area contributed by atoms with E-state index in [0.717, 1.165) is 11.4 Å². The van der Waals surface area contributed by atoms with Gasteiger partial charge in [0.25, 0.3) is 5.89 Å². The first-order valence-corrected chi connectivity index (χ1v) is 6.36. The predicted molar refractivity (Wildman–Crippen MR) is 74.4 cm³/mol. The molecule has 102 valence electrons. The van der Waals surface area contributed by atoms with Crippen molar-refractivity contribution < 1.29 is 4.52 Å². The van der Waals surface area contributed by atoms with E-state index in [0.29, 0.717) is 17.4 Å². The summed E-state index contributed by atoms with van der Waals surface area (Å²) in [6, 6.07) is 13.4. The zero-order valence-corrected chi connectivity index (χ0v) is 10.8. The smallest absolute Gasteiger partial charge is 0.274 e. The van der Waals surface area contributed by atoms with Gasteiger partial charge in [-0.05, 0) is 24.3 Å². The van der Waals surface area contributed by atoms with Gasteiger partial charge in [-0.25, -0.2) is 4.68 Å². The largest absolute Gasteiger partial charge is 0.357 e. The molecule has 0 unspecified atom stereocenters. The van der Waals surface area contributed by atoms with Gasteiger partial charge in [0.2, 0.25) is 5.82 Å². The van der Waals surface area contributed by atoms with Crippen LogP contribution in [0.4, 0.5) is 0 Å². The van der Waals surface area contributed by atoms with E-state index in [1.54, 1.807) is 17.1 Å². The van der Waals surface area contributed by atoms with Crippen molar-refractivity contribution in [3.05, 3.63) is 54.9 Å². The summed E-state index contributed by atoms with van der Waals surface area (Å²) in [7, 11) is 0. The fourth-order valence-corrected chi connectivity index (χ4v) is 1.97. The van der Waals surface area contributed by atoms with Crippen LogP contribution in [0.25, 0.3) is 28.8 Å². The number of para-hydroxylation sites is 1. The number of H-pyrrole nitrogens is 1. The van der Waals surface area contributed by atoms with Gasteiger partial charge >= 0.3 is 0 Å². The maximum absolute atomic E-state index is 5.21. The number of hydrogen-bond acceptors (Lipinski definition) is 5. The Morgan fingerprint density at radius 2 is 1.95 bits per heavy atom. The Kier molecular flexibility index (Phi) is 2.60. The van der Waals surface area contributed by atoms with Crippen LogP contribution in [0, 0.1) is 0 Å². The molecule has 0 aliphatic heterocycles. The molecule has 0 bridgehead atoms. The van der Waals surface area contributed by atoms with Gasteiger partial charge < -0.3 is 9.51 Å². The van der Waals surface area contributed by atoms with E-state index in [2.05, 4.69) is 25.4 Å². The number of nitrogens with zero attached hydrogens (tertiary/aromatic N) is 5. The maximum Gasteiger partial charge on any atom is 0.274 e. The summed E-state index contributed by atoms with van der Waals surface area (Å²) in [6.45, 7) is 0. The van der Waals surface area contributed by atoms with Gasteiger partial charge in [0.05, 0.1) is 11.9 Å². The van der Waals surface area contributed by atoms with Gasteiger partial charge in [-0.2, -0.15) is 4.98 Å². The molecule has 3 aromatic heterocycles. The molecule has 0 atom stereocenters. The minimum atomic E-state index is 0.404. The summed E-state index contributed by atoms with van der Waals surface area (Å²) in [5.74, 6) is 0.825. The number of aromatic amines is 1. The van der Waals surface area contributed by atoms with Gasteiger partial charge in [0.1, 0.15) is 5.69 Å². The van der Waals surface area contributed by atoms with Crippen molar-refractivity contribution in [2.45, 2.75) is 0 Å². The molecule has 0 amide bonds. The fraction of sp³-hybridized carbons (Fsp3) is 0.